The highest BCUT2D eigenvalue weighted by atomic mass is 15.2. The van der Waals surface area contributed by atoms with E-state index < -0.39 is 0 Å². The molecule has 0 saturated heterocycles. The second kappa shape index (κ2) is 18.9. The van der Waals surface area contributed by atoms with E-state index >= 15 is 0 Å². The average molecular weight is 789 g/mol. The Morgan fingerprint density at radius 2 is 1.32 bits per heavy atom. The lowest BCUT2D eigenvalue weighted by Crippen LogP contribution is -2.21. The van der Waals surface area contributed by atoms with Crippen molar-refractivity contribution in [3.63, 3.8) is 0 Å². The Morgan fingerprint density at radius 1 is 0.683 bits per heavy atom. The van der Waals surface area contributed by atoms with Crippen molar-refractivity contribution in [1.29, 1.82) is 0 Å². The van der Waals surface area contributed by atoms with Gasteiger partial charge in [-0.2, -0.15) is 0 Å². The van der Waals surface area contributed by atoms with Crippen molar-refractivity contribution in [2.24, 2.45) is 5.92 Å². The van der Waals surface area contributed by atoms with Gasteiger partial charge in [-0.3, -0.25) is 0 Å². The van der Waals surface area contributed by atoms with E-state index in [0.717, 1.165) is 23.5 Å². The van der Waals surface area contributed by atoms with E-state index in [2.05, 4.69) is 255 Å². The average Bonchev–Trinajstić information content (AvgIpc) is 3.57. The van der Waals surface area contributed by atoms with Crippen LogP contribution in [0.25, 0.3) is 38.6 Å². The maximum absolute atomic E-state index is 3.99. The fraction of sp³-hybridized carbons (Fsp3) is 0.241. The van der Waals surface area contributed by atoms with Gasteiger partial charge in [0.1, 0.15) is 0 Å². The summed E-state index contributed by atoms with van der Waals surface area (Å²) in [5.41, 5.74) is 14.5. The highest BCUT2D eigenvalue weighted by Gasteiger charge is 2.24. The lowest BCUT2D eigenvalue weighted by molar-refractivity contribution is 0.590. The molecule has 6 rings (SSSR count). The van der Waals surface area contributed by atoms with Crippen LogP contribution in [0.4, 0.5) is 5.69 Å². The smallest absolute Gasteiger partial charge is 0.0546 e. The van der Waals surface area contributed by atoms with Crippen molar-refractivity contribution in [2.75, 3.05) is 4.90 Å². The molecule has 0 N–H and O–H groups in total. The summed E-state index contributed by atoms with van der Waals surface area (Å²) < 4.78 is 2.49. The fourth-order valence-electron chi connectivity index (χ4n) is 8.06. The minimum Gasteiger partial charge on any atom is -0.311 e. The summed E-state index contributed by atoms with van der Waals surface area (Å²) in [5, 5.41) is 2.58. The minimum absolute atomic E-state index is 0.0160. The molecule has 1 aromatic heterocycles. The zero-order valence-corrected chi connectivity index (χ0v) is 37.6. The number of allylic oxidation sites excluding steroid dienone is 11. The highest BCUT2D eigenvalue weighted by molar-refractivity contribution is 6.11. The molecule has 0 spiro atoms. The molecule has 0 amide bonds. The van der Waals surface area contributed by atoms with Gasteiger partial charge in [-0.1, -0.05) is 189 Å². The van der Waals surface area contributed by atoms with Gasteiger partial charge < -0.3 is 9.47 Å². The molecule has 0 saturated carbocycles. The first-order valence-electron chi connectivity index (χ1n) is 21.5. The second-order valence-corrected chi connectivity index (χ2v) is 17.7. The Balaban J connectivity index is 1.62. The molecule has 0 aliphatic carbocycles. The number of benzene rings is 5. The Morgan fingerprint density at radius 3 is 1.95 bits per heavy atom. The van der Waals surface area contributed by atoms with E-state index in [1.54, 1.807) is 0 Å². The van der Waals surface area contributed by atoms with E-state index in [9.17, 15) is 0 Å². The number of nitrogens with zero attached hydrogens (tertiary/aromatic N) is 2. The number of hydrogen-bond acceptors (Lipinski definition) is 1. The van der Waals surface area contributed by atoms with Crippen molar-refractivity contribution in [2.45, 2.75) is 86.5 Å². The van der Waals surface area contributed by atoms with E-state index in [0.29, 0.717) is 0 Å². The summed E-state index contributed by atoms with van der Waals surface area (Å²) in [7, 11) is 0. The van der Waals surface area contributed by atoms with E-state index in [1.807, 2.05) is 6.08 Å². The first-order valence-corrected chi connectivity index (χ1v) is 21.5. The predicted octanol–water partition coefficient (Wildman–Crippen LogP) is 16.3. The van der Waals surface area contributed by atoms with Crippen LogP contribution in [0.5, 0.6) is 0 Å². The summed E-state index contributed by atoms with van der Waals surface area (Å²) in [6, 6.07) is 42.4. The van der Waals surface area contributed by atoms with Gasteiger partial charge in [0.15, 0.2) is 0 Å². The van der Waals surface area contributed by atoms with Gasteiger partial charge in [-0.25, -0.2) is 0 Å². The summed E-state index contributed by atoms with van der Waals surface area (Å²) in [5.74, 6) is 0.184. The third-order valence-corrected chi connectivity index (χ3v) is 11.4. The molecule has 1 atom stereocenters. The molecule has 2 heteroatoms. The Hall–Kier alpha value is -6.12. The van der Waals surface area contributed by atoms with Gasteiger partial charge in [0.25, 0.3) is 0 Å². The van der Waals surface area contributed by atoms with Crippen LogP contribution in [0.15, 0.2) is 200 Å². The number of rotatable bonds is 13. The third kappa shape index (κ3) is 9.50. The Labute approximate surface area is 361 Å². The minimum atomic E-state index is -0.0561. The molecule has 1 heterocycles. The SMILES string of the molecule is C=C/C=C(\C=C/C)C(C)/C=C\C(=C/C)N(C(/C=C\C)=C/Cc1cc(C(C)(C)C)cc2c1c1ccc(C(C)(C)C)cc1n2-c1ccccc1)c1ccccc1-c1ccccc1. The topological polar surface area (TPSA) is 8.17 Å². The maximum atomic E-state index is 3.99. The molecule has 6 aromatic rings. The summed E-state index contributed by atoms with van der Waals surface area (Å²) in [6.07, 6.45) is 22.7. The summed E-state index contributed by atoms with van der Waals surface area (Å²) in [4.78, 5) is 2.44. The predicted molar refractivity (Wildman–Crippen MR) is 264 cm³/mol. The quantitative estimate of drug-likeness (QED) is 0.106. The van der Waals surface area contributed by atoms with E-state index in [1.165, 1.54) is 60.9 Å². The molecule has 0 aliphatic rings. The summed E-state index contributed by atoms with van der Waals surface area (Å²) >= 11 is 0. The van der Waals surface area contributed by atoms with Gasteiger partial charge in [0.2, 0.25) is 0 Å². The number of aromatic nitrogens is 1. The van der Waals surface area contributed by atoms with Crippen LogP contribution in [0.1, 0.15) is 85.9 Å². The Kier molecular flexibility index (Phi) is 13.7. The molecule has 5 aromatic carbocycles. The van der Waals surface area contributed by atoms with Crippen molar-refractivity contribution in [3.8, 4) is 16.8 Å². The van der Waals surface area contributed by atoms with Gasteiger partial charge in [-0.15, -0.1) is 0 Å². The van der Waals surface area contributed by atoms with Gasteiger partial charge in [-0.05, 0) is 114 Å². The van der Waals surface area contributed by atoms with Crippen LogP contribution < -0.4 is 4.90 Å². The van der Waals surface area contributed by atoms with E-state index in [-0.39, 0.29) is 16.7 Å². The fourth-order valence-corrected chi connectivity index (χ4v) is 8.06. The van der Waals surface area contributed by atoms with Crippen molar-refractivity contribution < 1.29 is 0 Å². The first-order chi connectivity index (χ1) is 28.8. The lowest BCUT2D eigenvalue weighted by atomic mass is 9.84. The molecule has 2 nitrogen and oxygen atoms in total. The first kappa shape index (κ1) is 43.5. The molecule has 306 valence electrons. The van der Waals surface area contributed by atoms with Crippen LogP contribution >= 0.6 is 0 Å². The van der Waals surface area contributed by atoms with Crippen molar-refractivity contribution in [1.82, 2.24) is 4.57 Å². The molecular formula is C58H64N2. The number of hydrogen-bond donors (Lipinski definition) is 0. The molecule has 1 unspecified atom stereocenters. The molecule has 0 aliphatic heterocycles. The molecule has 0 fully saturated rings. The van der Waals surface area contributed by atoms with Crippen molar-refractivity contribution in [3.05, 3.63) is 216 Å². The van der Waals surface area contributed by atoms with Crippen LogP contribution in [-0.2, 0) is 17.3 Å². The largest absolute Gasteiger partial charge is 0.311 e. The highest BCUT2D eigenvalue weighted by Crippen LogP contribution is 2.41. The Bertz CT molecular complexity index is 2620. The summed E-state index contributed by atoms with van der Waals surface area (Å²) in [6.45, 7) is 26.4. The van der Waals surface area contributed by atoms with Crippen LogP contribution in [0, 0.1) is 5.92 Å². The molecule has 0 radical (unpaired) electrons. The number of fused-ring (bicyclic) bond motifs is 3. The van der Waals surface area contributed by atoms with Gasteiger partial charge in [0, 0.05) is 33.4 Å². The molecular weight excluding hydrogens is 725 g/mol. The maximum Gasteiger partial charge on any atom is 0.0546 e. The number of anilines is 1. The normalized spacial score (nSPS) is 14.0. The molecule has 0 bridgehead atoms. The van der Waals surface area contributed by atoms with Crippen molar-refractivity contribution >= 4 is 27.5 Å². The second-order valence-electron chi connectivity index (χ2n) is 17.7. The standard InChI is InChI=1S/C58H64N2/c1-12-24-43(25-13-2)42(5)33-36-48(15-4)59(53-32-23-22-31-51(53)44-27-18-16-19-28-44)49(26-14-3)37-34-45-39-47(58(9,10)11)41-55-56(45)52-38-35-46(57(6,7)8)40-54(52)60(55)50-29-20-17-21-30-50/h12-33,35-42H,1,34H2,2-11H3/b25-13-,26-14-,36-33-,43-24+,48-15+,49-37+. The third-order valence-electron chi connectivity index (χ3n) is 11.4. The van der Waals surface area contributed by atoms with Gasteiger partial charge >= 0.3 is 0 Å². The molecule has 60 heavy (non-hydrogen) atoms. The van der Waals surface area contributed by atoms with Gasteiger partial charge in [0.05, 0.1) is 16.7 Å². The lowest BCUT2D eigenvalue weighted by Gasteiger charge is -2.30. The monoisotopic (exact) mass is 789 g/mol. The zero-order valence-electron chi connectivity index (χ0n) is 37.6. The zero-order chi connectivity index (χ0) is 43.0. The number of para-hydroxylation sites is 2. The van der Waals surface area contributed by atoms with Crippen LogP contribution in [0.3, 0.4) is 0 Å². The van der Waals surface area contributed by atoms with Crippen LogP contribution in [-0.4, -0.2) is 4.57 Å². The van der Waals surface area contributed by atoms with Crippen LogP contribution in [0.2, 0.25) is 0 Å². The van der Waals surface area contributed by atoms with E-state index in [4.69, 9.17) is 0 Å².